The van der Waals surface area contributed by atoms with Gasteiger partial charge in [-0.25, -0.2) is 4.98 Å². The number of aliphatic hydroxyl groups excluding tert-OH is 1. The Kier molecular flexibility index (Phi) is 5.40. The highest BCUT2D eigenvalue weighted by molar-refractivity contribution is 7.99. The van der Waals surface area contributed by atoms with E-state index >= 15 is 0 Å². The molecule has 148 valence electrons. The monoisotopic (exact) mass is 404 g/mol. The lowest BCUT2D eigenvalue weighted by atomic mass is 10.3. The van der Waals surface area contributed by atoms with E-state index < -0.39 is 0 Å². The summed E-state index contributed by atoms with van der Waals surface area (Å²) < 4.78 is 12.2. The molecule has 1 aromatic carbocycles. The van der Waals surface area contributed by atoms with Crippen molar-refractivity contribution in [3.63, 3.8) is 0 Å². The first-order valence-corrected chi connectivity index (χ1v) is 9.88. The third-order valence-electron chi connectivity index (χ3n) is 4.30. The van der Waals surface area contributed by atoms with Crippen molar-refractivity contribution in [3.8, 4) is 11.5 Å². The number of fused-ring (bicyclic) bond motifs is 1. The second-order valence-electron chi connectivity index (χ2n) is 6.52. The zero-order valence-corrected chi connectivity index (χ0v) is 15.8. The van der Waals surface area contributed by atoms with Gasteiger partial charge in [0.2, 0.25) is 18.6 Å². The van der Waals surface area contributed by atoms with Gasteiger partial charge < -0.3 is 29.8 Å². The Morgan fingerprint density at radius 1 is 1.25 bits per heavy atom. The molecule has 2 amide bonds. The van der Waals surface area contributed by atoms with Crippen molar-refractivity contribution in [1.82, 2.24) is 14.9 Å². The van der Waals surface area contributed by atoms with Crippen molar-refractivity contribution in [2.24, 2.45) is 0 Å². The molecule has 4 rings (SSSR count). The molecule has 2 heterocycles. The van der Waals surface area contributed by atoms with E-state index in [0.29, 0.717) is 28.0 Å². The quantitative estimate of drug-likeness (QED) is 0.565. The van der Waals surface area contributed by atoms with Crippen LogP contribution in [0, 0.1) is 0 Å². The van der Waals surface area contributed by atoms with Crippen LogP contribution in [0.1, 0.15) is 18.5 Å². The molecule has 1 fully saturated rings. The van der Waals surface area contributed by atoms with Gasteiger partial charge in [0.15, 0.2) is 16.7 Å². The van der Waals surface area contributed by atoms with Gasteiger partial charge in [0, 0.05) is 17.8 Å². The van der Waals surface area contributed by atoms with Crippen LogP contribution in [-0.4, -0.2) is 45.1 Å². The Morgan fingerprint density at radius 2 is 2.07 bits per heavy atom. The van der Waals surface area contributed by atoms with E-state index in [1.54, 1.807) is 22.8 Å². The molecular formula is C18H20N4O5S. The molecule has 28 heavy (non-hydrogen) atoms. The molecule has 1 saturated carbocycles. The summed E-state index contributed by atoms with van der Waals surface area (Å²) >= 11 is 1.21. The standard InChI is InChI=1S/C18H20N4O5S/c23-8-13-6-19-18(22(13)7-16(24)20-11-1-2-11)28-9-17(25)21-12-3-4-14-15(5-12)27-10-26-14/h3-6,11,23H,1-2,7-10H2,(H,20,24)(H,21,25). The number of rotatable bonds is 8. The topological polar surface area (TPSA) is 115 Å². The number of carbonyl (C=O) groups is 2. The SMILES string of the molecule is O=C(CSc1ncc(CO)n1CC(=O)NC1CC1)Nc1ccc2c(c1)OCO2. The van der Waals surface area contributed by atoms with Gasteiger partial charge in [-0.3, -0.25) is 9.59 Å². The van der Waals surface area contributed by atoms with Crippen LogP contribution in [0.15, 0.2) is 29.6 Å². The van der Waals surface area contributed by atoms with Crippen molar-refractivity contribution in [3.05, 3.63) is 30.1 Å². The number of imidazole rings is 1. The molecule has 0 radical (unpaired) electrons. The molecule has 3 N–H and O–H groups in total. The van der Waals surface area contributed by atoms with Gasteiger partial charge in [-0.05, 0) is 25.0 Å². The molecule has 1 aliphatic carbocycles. The normalized spacial score (nSPS) is 14.8. The third-order valence-corrected chi connectivity index (χ3v) is 5.29. The summed E-state index contributed by atoms with van der Waals surface area (Å²) in [6, 6.07) is 5.45. The van der Waals surface area contributed by atoms with E-state index in [4.69, 9.17) is 9.47 Å². The Labute approximate surface area is 165 Å². The van der Waals surface area contributed by atoms with Gasteiger partial charge in [-0.2, -0.15) is 0 Å². The average molecular weight is 404 g/mol. The number of nitrogens with one attached hydrogen (secondary N) is 2. The Morgan fingerprint density at radius 3 is 2.86 bits per heavy atom. The molecule has 2 aromatic rings. The third kappa shape index (κ3) is 4.39. The highest BCUT2D eigenvalue weighted by Gasteiger charge is 2.24. The van der Waals surface area contributed by atoms with Crippen LogP contribution in [0.25, 0.3) is 0 Å². The molecule has 1 aliphatic heterocycles. The largest absolute Gasteiger partial charge is 0.454 e. The van der Waals surface area contributed by atoms with Gasteiger partial charge >= 0.3 is 0 Å². The fourth-order valence-electron chi connectivity index (χ4n) is 2.75. The molecule has 0 unspecified atom stereocenters. The van der Waals surface area contributed by atoms with Gasteiger partial charge in [0.1, 0.15) is 6.54 Å². The molecule has 0 atom stereocenters. The molecule has 0 bridgehead atoms. The lowest BCUT2D eigenvalue weighted by molar-refractivity contribution is -0.122. The van der Waals surface area contributed by atoms with Gasteiger partial charge in [-0.1, -0.05) is 11.8 Å². The lowest BCUT2D eigenvalue weighted by Gasteiger charge is -2.11. The first-order valence-electron chi connectivity index (χ1n) is 8.89. The molecule has 10 heteroatoms. The first-order chi connectivity index (χ1) is 13.6. The number of aliphatic hydroxyl groups is 1. The number of ether oxygens (including phenoxy) is 2. The van der Waals surface area contributed by atoms with E-state index in [9.17, 15) is 14.7 Å². The fraction of sp³-hybridized carbons (Fsp3) is 0.389. The number of aromatic nitrogens is 2. The zero-order chi connectivity index (χ0) is 19.5. The fourth-order valence-corrected chi connectivity index (χ4v) is 3.55. The molecule has 9 nitrogen and oxygen atoms in total. The second kappa shape index (κ2) is 8.11. The van der Waals surface area contributed by atoms with E-state index in [1.165, 1.54) is 18.0 Å². The van der Waals surface area contributed by atoms with Crippen LogP contribution in [0.5, 0.6) is 11.5 Å². The highest BCUT2D eigenvalue weighted by Crippen LogP contribution is 2.34. The van der Waals surface area contributed by atoms with E-state index in [2.05, 4.69) is 15.6 Å². The minimum Gasteiger partial charge on any atom is -0.454 e. The molecule has 1 aromatic heterocycles. The maximum Gasteiger partial charge on any atom is 0.240 e. The van der Waals surface area contributed by atoms with Crippen LogP contribution in [0.2, 0.25) is 0 Å². The summed E-state index contributed by atoms with van der Waals surface area (Å²) in [6.45, 7) is 0.0128. The molecule has 0 saturated heterocycles. The van der Waals surface area contributed by atoms with Gasteiger partial charge in [-0.15, -0.1) is 0 Å². The number of benzene rings is 1. The van der Waals surface area contributed by atoms with E-state index in [-0.39, 0.29) is 43.6 Å². The summed E-state index contributed by atoms with van der Waals surface area (Å²) in [5, 5.41) is 15.7. The Balaban J connectivity index is 1.35. The predicted molar refractivity (Wildman–Crippen MR) is 101 cm³/mol. The maximum atomic E-state index is 12.3. The zero-order valence-electron chi connectivity index (χ0n) is 15.0. The Bertz CT molecular complexity index is 896. The van der Waals surface area contributed by atoms with Crippen molar-refractivity contribution >= 4 is 29.3 Å². The van der Waals surface area contributed by atoms with E-state index in [1.807, 2.05) is 0 Å². The van der Waals surface area contributed by atoms with Crippen LogP contribution in [-0.2, 0) is 22.7 Å². The number of carbonyl (C=O) groups excluding carboxylic acids is 2. The van der Waals surface area contributed by atoms with Crippen LogP contribution >= 0.6 is 11.8 Å². The van der Waals surface area contributed by atoms with E-state index in [0.717, 1.165) is 12.8 Å². The van der Waals surface area contributed by atoms with Crippen molar-refractivity contribution in [1.29, 1.82) is 0 Å². The number of hydrogen-bond donors (Lipinski definition) is 3. The summed E-state index contributed by atoms with van der Waals surface area (Å²) in [6.07, 6.45) is 3.52. The number of thioether (sulfide) groups is 1. The van der Waals surface area contributed by atoms with Crippen LogP contribution in [0.3, 0.4) is 0 Å². The van der Waals surface area contributed by atoms with Crippen molar-refractivity contribution < 1.29 is 24.2 Å². The molecule has 2 aliphatic rings. The minimum atomic E-state index is -0.229. The van der Waals surface area contributed by atoms with Crippen molar-refractivity contribution in [2.45, 2.75) is 37.2 Å². The first kappa shape index (κ1) is 18.6. The minimum absolute atomic E-state index is 0.0680. The predicted octanol–water partition coefficient (Wildman–Crippen LogP) is 1.11. The summed E-state index contributed by atoms with van der Waals surface area (Å²) in [4.78, 5) is 28.6. The summed E-state index contributed by atoms with van der Waals surface area (Å²) in [7, 11) is 0. The maximum absolute atomic E-state index is 12.3. The molecular weight excluding hydrogens is 384 g/mol. The summed E-state index contributed by atoms with van der Waals surface area (Å²) in [5.41, 5.74) is 1.14. The average Bonchev–Trinajstić information content (AvgIpc) is 3.22. The van der Waals surface area contributed by atoms with Crippen LogP contribution in [0.4, 0.5) is 5.69 Å². The number of amides is 2. The van der Waals surface area contributed by atoms with Crippen molar-refractivity contribution in [2.75, 3.05) is 17.9 Å². The van der Waals surface area contributed by atoms with Gasteiger partial charge in [0.05, 0.1) is 24.3 Å². The molecule has 0 spiro atoms. The van der Waals surface area contributed by atoms with Gasteiger partial charge in [0.25, 0.3) is 0 Å². The number of anilines is 1. The second-order valence-corrected chi connectivity index (χ2v) is 7.47. The highest BCUT2D eigenvalue weighted by atomic mass is 32.2. The van der Waals surface area contributed by atoms with Crippen LogP contribution < -0.4 is 20.1 Å². The lowest BCUT2D eigenvalue weighted by Crippen LogP contribution is -2.30. The smallest absolute Gasteiger partial charge is 0.240 e. The number of hydrogen-bond acceptors (Lipinski definition) is 7. The summed E-state index contributed by atoms with van der Waals surface area (Å²) in [5.74, 6) is 1.01. The number of nitrogens with zero attached hydrogens (tertiary/aromatic N) is 2. The Hall–Kier alpha value is -2.72.